The molecule has 0 aliphatic carbocycles. The van der Waals surface area contributed by atoms with E-state index in [1.165, 1.54) is 10.4 Å². The van der Waals surface area contributed by atoms with E-state index in [-0.39, 0.29) is 22.7 Å². The first-order valence-corrected chi connectivity index (χ1v) is 10.4. The molecule has 0 atom stereocenters. The second kappa shape index (κ2) is 6.72. The number of benzene rings is 1. The largest absolute Gasteiger partial charge is 0.416 e. The van der Waals surface area contributed by atoms with E-state index in [0.717, 1.165) is 23.8 Å². The highest BCUT2D eigenvalue weighted by atomic mass is 32.2. The van der Waals surface area contributed by atoms with Crippen molar-refractivity contribution in [3.05, 3.63) is 29.8 Å². The first kappa shape index (κ1) is 19.5. The number of halogens is 3. The van der Waals surface area contributed by atoms with E-state index < -0.39 is 21.8 Å². The molecular weight excluding hydrogens is 387 g/mol. The topological polar surface area (TPSA) is 53.0 Å². The SMILES string of the molecule is CC1(C)CN=C(N2CCN(S(=O)(=O)c3cccc(C(F)(F)F)c3)CC2)S1. The predicted octanol–water partition coefficient (Wildman–Crippen LogP) is 2.89. The Bertz CT molecular complexity index is 814. The zero-order chi connectivity index (χ0) is 19.2. The Balaban J connectivity index is 1.71. The van der Waals surface area contributed by atoms with Gasteiger partial charge in [-0.15, -0.1) is 0 Å². The van der Waals surface area contributed by atoms with Crippen LogP contribution in [0.3, 0.4) is 0 Å². The lowest BCUT2D eigenvalue weighted by molar-refractivity contribution is -0.137. The molecular formula is C16H20F3N3O2S2. The molecule has 0 spiro atoms. The van der Waals surface area contributed by atoms with Crippen LogP contribution in [0.1, 0.15) is 19.4 Å². The number of hydrogen-bond acceptors (Lipinski definition) is 5. The first-order valence-electron chi connectivity index (χ1n) is 8.15. The van der Waals surface area contributed by atoms with Gasteiger partial charge >= 0.3 is 6.18 Å². The van der Waals surface area contributed by atoms with Gasteiger partial charge in [0, 0.05) is 30.9 Å². The molecule has 2 heterocycles. The summed E-state index contributed by atoms with van der Waals surface area (Å²) >= 11 is 1.67. The second-order valence-electron chi connectivity index (χ2n) is 6.88. The summed E-state index contributed by atoms with van der Waals surface area (Å²) in [6.07, 6.45) is -4.57. The molecule has 0 bridgehead atoms. The van der Waals surface area contributed by atoms with E-state index in [4.69, 9.17) is 0 Å². The van der Waals surface area contributed by atoms with Crippen molar-refractivity contribution in [2.45, 2.75) is 29.7 Å². The molecule has 0 aromatic heterocycles. The van der Waals surface area contributed by atoms with Crippen LogP contribution in [0.4, 0.5) is 13.2 Å². The molecule has 1 saturated heterocycles. The van der Waals surface area contributed by atoms with Crippen LogP contribution in [0.25, 0.3) is 0 Å². The van der Waals surface area contributed by atoms with Crippen molar-refractivity contribution < 1.29 is 21.6 Å². The maximum atomic E-state index is 12.9. The van der Waals surface area contributed by atoms with E-state index in [2.05, 4.69) is 18.8 Å². The minimum atomic E-state index is -4.57. The number of sulfonamides is 1. The fraction of sp³-hybridized carbons (Fsp3) is 0.562. The van der Waals surface area contributed by atoms with Crippen LogP contribution in [-0.2, 0) is 16.2 Å². The fourth-order valence-electron chi connectivity index (χ4n) is 2.84. The standard InChI is InChI=1S/C16H20F3N3O2S2/c1-15(2)11-20-14(25-15)21-6-8-22(9-7-21)26(23,24)13-5-3-4-12(10-13)16(17,18)19/h3-5,10H,6-9,11H2,1-2H3. The molecule has 5 nitrogen and oxygen atoms in total. The number of hydrogen-bond donors (Lipinski definition) is 0. The molecule has 1 aromatic carbocycles. The van der Waals surface area contributed by atoms with Gasteiger partial charge < -0.3 is 4.90 Å². The average Bonchev–Trinajstić information content (AvgIpc) is 2.94. The highest BCUT2D eigenvalue weighted by Crippen LogP contribution is 2.34. The minimum absolute atomic E-state index is 0.0383. The Labute approximate surface area is 155 Å². The van der Waals surface area contributed by atoms with Gasteiger partial charge in [0.1, 0.15) is 0 Å². The van der Waals surface area contributed by atoms with E-state index in [1.54, 1.807) is 11.8 Å². The summed E-state index contributed by atoms with van der Waals surface area (Å²) in [5.74, 6) is 0. The summed E-state index contributed by atoms with van der Waals surface area (Å²) in [5, 5.41) is 0.908. The van der Waals surface area contributed by atoms with Crippen molar-refractivity contribution in [3.8, 4) is 0 Å². The van der Waals surface area contributed by atoms with Crippen molar-refractivity contribution in [2.75, 3.05) is 32.7 Å². The van der Waals surface area contributed by atoms with E-state index in [9.17, 15) is 21.6 Å². The number of rotatable bonds is 2. The third-order valence-electron chi connectivity index (χ3n) is 4.27. The first-order chi connectivity index (χ1) is 12.0. The van der Waals surface area contributed by atoms with Gasteiger partial charge in [-0.1, -0.05) is 17.8 Å². The third kappa shape index (κ3) is 4.01. The van der Waals surface area contributed by atoms with Crippen LogP contribution in [0.5, 0.6) is 0 Å². The van der Waals surface area contributed by atoms with Gasteiger partial charge in [-0.3, -0.25) is 4.99 Å². The molecule has 144 valence electrons. The summed E-state index contributed by atoms with van der Waals surface area (Å²) in [7, 11) is -3.95. The zero-order valence-electron chi connectivity index (χ0n) is 14.5. The van der Waals surface area contributed by atoms with Gasteiger partial charge in [0.05, 0.1) is 17.0 Å². The molecule has 26 heavy (non-hydrogen) atoms. The number of nitrogens with zero attached hydrogens (tertiary/aromatic N) is 3. The van der Waals surface area contributed by atoms with Crippen molar-refractivity contribution in [3.63, 3.8) is 0 Å². The number of thioether (sulfide) groups is 1. The molecule has 0 radical (unpaired) electrons. The maximum absolute atomic E-state index is 12.9. The number of amidine groups is 1. The Kier molecular flexibility index (Phi) is 5.04. The van der Waals surface area contributed by atoms with Gasteiger partial charge in [-0.25, -0.2) is 8.42 Å². The molecule has 10 heteroatoms. The number of alkyl halides is 3. The lowest BCUT2D eigenvalue weighted by atomic mass is 10.2. The Morgan fingerprint density at radius 3 is 2.35 bits per heavy atom. The monoisotopic (exact) mass is 407 g/mol. The molecule has 0 amide bonds. The lowest BCUT2D eigenvalue weighted by Gasteiger charge is -2.35. The summed E-state index contributed by atoms with van der Waals surface area (Å²) in [6, 6.07) is 3.89. The van der Waals surface area contributed by atoms with Crippen molar-refractivity contribution in [1.29, 1.82) is 0 Å². The molecule has 2 aliphatic heterocycles. The Morgan fingerprint density at radius 2 is 1.81 bits per heavy atom. The molecule has 3 rings (SSSR count). The minimum Gasteiger partial charge on any atom is -0.349 e. The molecule has 1 aromatic rings. The van der Waals surface area contributed by atoms with Crippen molar-refractivity contribution >= 4 is 27.0 Å². The number of piperazine rings is 1. The van der Waals surface area contributed by atoms with Crippen LogP contribution in [0.2, 0.25) is 0 Å². The fourth-order valence-corrected chi connectivity index (χ4v) is 5.37. The lowest BCUT2D eigenvalue weighted by Crippen LogP contribution is -2.49. The Hall–Kier alpha value is -1.26. The quantitative estimate of drug-likeness (QED) is 0.757. The summed E-state index contributed by atoms with van der Waals surface area (Å²) < 4.78 is 65.2. The van der Waals surface area contributed by atoms with Gasteiger partial charge in [0.2, 0.25) is 10.0 Å². The number of aliphatic imine (C=N–C) groups is 1. The van der Waals surface area contributed by atoms with Gasteiger partial charge in [-0.2, -0.15) is 17.5 Å². The highest BCUT2D eigenvalue weighted by molar-refractivity contribution is 8.15. The summed E-state index contributed by atoms with van der Waals surface area (Å²) in [5.41, 5.74) is -0.962. The molecule has 1 fully saturated rings. The summed E-state index contributed by atoms with van der Waals surface area (Å²) in [6.45, 7) is 6.30. The maximum Gasteiger partial charge on any atom is 0.416 e. The normalized spacial score (nSPS) is 21.7. The Morgan fingerprint density at radius 1 is 1.15 bits per heavy atom. The third-order valence-corrected chi connectivity index (χ3v) is 7.42. The molecule has 0 saturated carbocycles. The molecule has 0 N–H and O–H groups in total. The van der Waals surface area contributed by atoms with Crippen LogP contribution in [0.15, 0.2) is 34.2 Å². The van der Waals surface area contributed by atoms with Gasteiger partial charge in [0.15, 0.2) is 5.17 Å². The highest BCUT2D eigenvalue weighted by Gasteiger charge is 2.36. The van der Waals surface area contributed by atoms with Crippen LogP contribution in [0, 0.1) is 0 Å². The zero-order valence-corrected chi connectivity index (χ0v) is 16.1. The van der Waals surface area contributed by atoms with Crippen molar-refractivity contribution in [2.24, 2.45) is 4.99 Å². The second-order valence-corrected chi connectivity index (χ2v) is 10.5. The van der Waals surface area contributed by atoms with Gasteiger partial charge in [0.25, 0.3) is 0 Å². The van der Waals surface area contributed by atoms with Crippen LogP contribution < -0.4 is 0 Å². The van der Waals surface area contributed by atoms with Gasteiger partial charge in [-0.05, 0) is 32.0 Å². The van der Waals surface area contributed by atoms with Crippen molar-refractivity contribution in [1.82, 2.24) is 9.21 Å². The van der Waals surface area contributed by atoms with E-state index in [0.29, 0.717) is 19.2 Å². The summed E-state index contributed by atoms with van der Waals surface area (Å²) in [4.78, 5) is 6.22. The predicted molar refractivity (Wildman–Crippen MR) is 95.7 cm³/mol. The van der Waals surface area contributed by atoms with Crippen LogP contribution >= 0.6 is 11.8 Å². The molecule has 0 unspecified atom stereocenters. The molecule has 2 aliphatic rings. The van der Waals surface area contributed by atoms with E-state index in [1.807, 2.05) is 4.90 Å². The van der Waals surface area contributed by atoms with Crippen LogP contribution in [-0.4, -0.2) is 60.3 Å². The van der Waals surface area contributed by atoms with E-state index >= 15 is 0 Å². The smallest absolute Gasteiger partial charge is 0.349 e. The average molecular weight is 407 g/mol.